The molecule has 2 aromatic heterocycles. The van der Waals surface area contributed by atoms with Gasteiger partial charge < -0.3 is 0 Å². The van der Waals surface area contributed by atoms with Gasteiger partial charge in [-0.3, -0.25) is 0 Å². The maximum absolute atomic E-state index is 6.90. The minimum absolute atomic E-state index is 0.00174. The van der Waals surface area contributed by atoms with Crippen molar-refractivity contribution in [3.05, 3.63) is 250 Å². The van der Waals surface area contributed by atoms with Crippen molar-refractivity contribution < 1.29 is 24.1 Å². The van der Waals surface area contributed by atoms with Crippen molar-refractivity contribution in [1.29, 1.82) is 0 Å². The molecule has 0 bridgehead atoms. The van der Waals surface area contributed by atoms with Crippen LogP contribution in [0.2, 0.25) is 0 Å². The number of aromatic nitrogens is 3. The van der Waals surface area contributed by atoms with E-state index in [0.717, 1.165) is 71.1 Å². The summed E-state index contributed by atoms with van der Waals surface area (Å²) in [5.41, 5.74) is 22.9. The molecule has 1 aliphatic heterocycles. The van der Waals surface area contributed by atoms with Gasteiger partial charge in [-0.25, -0.2) is 0 Å². The van der Waals surface area contributed by atoms with Gasteiger partial charge in [0.05, 0.1) is 0 Å². The number of para-hydroxylation sites is 2. The number of aryl methyl sites for hydroxylation is 1. The number of imidazole rings is 1. The molecule has 0 saturated carbocycles. The zero-order valence-electron chi connectivity index (χ0n) is 47.4. The number of rotatable bonds is 9. The summed E-state index contributed by atoms with van der Waals surface area (Å²) in [6.07, 6.45) is 2.01. The molecule has 9 aromatic carbocycles. The number of hydrogen-bond acceptors (Lipinski definition) is 3. The van der Waals surface area contributed by atoms with E-state index in [1.165, 1.54) is 50.1 Å². The van der Waals surface area contributed by atoms with Gasteiger partial charge in [0, 0.05) is 11.8 Å². The molecule has 12 rings (SSSR count). The Morgan fingerprint density at radius 1 is 0.450 bits per heavy atom. The first-order valence-corrected chi connectivity index (χ1v) is 28.8. The normalized spacial score (nSPS) is 12.6. The third-order valence-electron chi connectivity index (χ3n) is 15.6. The summed E-state index contributed by atoms with van der Waals surface area (Å²) >= 11 is 2.51. The molecule has 1 aliphatic rings. The molecule has 0 saturated heterocycles. The van der Waals surface area contributed by atoms with E-state index in [9.17, 15) is 0 Å². The molecule has 0 amide bonds. The summed E-state index contributed by atoms with van der Waals surface area (Å²) in [4.78, 5) is 7.50. The summed E-state index contributed by atoms with van der Waals surface area (Å²) in [5.74, 6) is 2.03. The van der Waals surface area contributed by atoms with Crippen LogP contribution in [0.1, 0.15) is 90.1 Å². The van der Waals surface area contributed by atoms with E-state index in [1.807, 2.05) is 18.3 Å². The fraction of sp³-hybridized carbons (Fsp3) is 0.189. The van der Waals surface area contributed by atoms with Crippen molar-refractivity contribution >= 4 is 22.5 Å². The van der Waals surface area contributed by atoms with Crippen LogP contribution in [0, 0.1) is 22.9 Å². The first-order valence-electron chi connectivity index (χ1n) is 27.7. The summed E-state index contributed by atoms with van der Waals surface area (Å²) in [6, 6.07) is 79.8. The number of anilines is 2. The van der Waals surface area contributed by atoms with Crippen molar-refractivity contribution in [2.45, 2.75) is 92.0 Å². The molecule has 0 radical (unpaired) electrons. The Hall–Kier alpha value is -8.11. The van der Waals surface area contributed by atoms with E-state index >= 15 is 0 Å². The van der Waals surface area contributed by atoms with Crippen LogP contribution in [-0.4, -0.2) is 14.1 Å². The van der Waals surface area contributed by atoms with Crippen molar-refractivity contribution in [2.75, 3.05) is 4.90 Å². The fourth-order valence-electron chi connectivity index (χ4n) is 11.1. The van der Waals surface area contributed by atoms with E-state index in [-0.39, 0.29) is 16.2 Å². The SMILES string of the molecule is Cc1cc(N2Cc3cc(-c4cc(C(C)(C)C)cc(C(C)(C)C)c4)ccc3-c3ccc(Oc4[c-]c(-n5[c](=[Pt])n(-c6c(-c7ccccc7)cc(C(C)(C)C)cc6-c6ccccc6)c6ccccc65)ccc4)[c-]c32)ncc1-c1ccccc1. The van der Waals surface area contributed by atoms with Crippen LogP contribution in [0.5, 0.6) is 11.5 Å². The predicted octanol–water partition coefficient (Wildman–Crippen LogP) is 19.5. The molecule has 6 heteroatoms. The minimum Gasteiger partial charge on any atom is -0.0622 e. The van der Waals surface area contributed by atoms with Gasteiger partial charge in [-0.1, -0.05) is 96.1 Å². The zero-order valence-corrected chi connectivity index (χ0v) is 49.6. The molecule has 5 nitrogen and oxygen atoms in total. The molecular weight excluding hydrogens is 1160 g/mol. The van der Waals surface area contributed by atoms with Crippen LogP contribution >= 0.6 is 0 Å². The molecule has 0 spiro atoms. The van der Waals surface area contributed by atoms with Crippen molar-refractivity contribution in [2.24, 2.45) is 0 Å². The molecule has 11 aromatic rings. The van der Waals surface area contributed by atoms with E-state index in [1.54, 1.807) is 0 Å². The Morgan fingerprint density at radius 3 is 1.55 bits per heavy atom. The first kappa shape index (κ1) is 52.6. The van der Waals surface area contributed by atoms with Crippen LogP contribution < -0.4 is 9.64 Å². The molecule has 0 unspecified atom stereocenters. The van der Waals surface area contributed by atoms with Crippen LogP contribution in [0.15, 0.2) is 206 Å². The van der Waals surface area contributed by atoms with Gasteiger partial charge in [0.25, 0.3) is 0 Å². The van der Waals surface area contributed by atoms with E-state index in [2.05, 4.69) is 303 Å². The summed E-state index contributed by atoms with van der Waals surface area (Å²) in [6.45, 7) is 23.5. The third kappa shape index (κ3) is 10.0. The van der Waals surface area contributed by atoms with Gasteiger partial charge in [0.15, 0.2) is 0 Å². The van der Waals surface area contributed by atoms with E-state index in [4.69, 9.17) is 9.72 Å². The second-order valence-corrected chi connectivity index (χ2v) is 25.4. The van der Waals surface area contributed by atoms with Crippen molar-refractivity contribution in [3.63, 3.8) is 0 Å². The van der Waals surface area contributed by atoms with E-state index < -0.39 is 0 Å². The smallest absolute Gasteiger partial charge is 0.0622 e. The topological polar surface area (TPSA) is 35.2 Å². The van der Waals surface area contributed by atoms with Gasteiger partial charge in [-0.2, -0.15) is 0 Å². The van der Waals surface area contributed by atoms with Crippen LogP contribution in [0.25, 0.3) is 78.0 Å². The predicted molar refractivity (Wildman–Crippen MR) is 328 cm³/mol. The fourth-order valence-corrected chi connectivity index (χ4v) is 12.2. The standard InChI is InChI=1S/C74H66N4O.Pt/c1-49-37-70(75-46-66(49)52-27-18-13-19-28-52)76-47-55-38-53(54-39-56(72(2,3)4)41-57(40-54)73(5,6)7)33-35-62(55)63-36-34-61(45-69(63)76)79-60-30-22-29-59(44-60)77-48-78(68-32-21-20-31-67(68)77)71-64(50-23-14-11-15-24-50)42-58(74(8,9)10)43-65(71)51-25-16-12-17-26-51;/h11-43,46H,47H2,1-10H3;/q-2;. The quantitative estimate of drug-likeness (QED) is 0.135. The van der Waals surface area contributed by atoms with Gasteiger partial charge in [0.1, 0.15) is 0 Å². The third-order valence-corrected chi connectivity index (χ3v) is 16.7. The van der Waals surface area contributed by atoms with Gasteiger partial charge in [-0.15, -0.1) is 0 Å². The number of benzene rings is 9. The molecule has 0 N–H and O–H groups in total. The van der Waals surface area contributed by atoms with Crippen LogP contribution in [-0.2, 0) is 42.1 Å². The number of ether oxygens (including phenoxy) is 1. The number of fused-ring (bicyclic) bond motifs is 4. The monoisotopic (exact) mass is 1220 g/mol. The van der Waals surface area contributed by atoms with Crippen molar-refractivity contribution in [3.8, 4) is 78.5 Å². The minimum atomic E-state index is -0.0874. The molecule has 0 atom stereocenters. The Morgan fingerprint density at radius 2 is 0.975 bits per heavy atom. The summed E-state index contributed by atoms with van der Waals surface area (Å²) < 4.78 is 12.6. The number of nitrogens with zero attached hydrogens (tertiary/aromatic N) is 4. The van der Waals surface area contributed by atoms with Gasteiger partial charge in [-0.05, 0) is 57.2 Å². The summed E-state index contributed by atoms with van der Waals surface area (Å²) in [7, 11) is 0. The molecule has 3 heterocycles. The first-order chi connectivity index (χ1) is 38.4. The molecule has 0 fully saturated rings. The average Bonchev–Trinajstić information content (AvgIpc) is 3.99. The molecular formula is C74H66N4OPt-2. The Balaban J connectivity index is 0.966. The average molecular weight is 1220 g/mol. The second-order valence-electron chi connectivity index (χ2n) is 24.4. The Kier molecular flexibility index (Phi) is 13.5. The van der Waals surface area contributed by atoms with Gasteiger partial charge >= 0.3 is 321 Å². The molecule has 80 heavy (non-hydrogen) atoms. The van der Waals surface area contributed by atoms with Gasteiger partial charge in [0.2, 0.25) is 0 Å². The number of hydrogen-bond donors (Lipinski definition) is 0. The van der Waals surface area contributed by atoms with Crippen LogP contribution in [0.4, 0.5) is 11.5 Å². The Labute approximate surface area is 483 Å². The molecule has 400 valence electrons. The molecule has 0 aliphatic carbocycles. The number of pyridine rings is 1. The second kappa shape index (κ2) is 20.5. The zero-order chi connectivity index (χ0) is 55.7. The van der Waals surface area contributed by atoms with Crippen molar-refractivity contribution in [1.82, 2.24) is 14.1 Å². The summed E-state index contributed by atoms with van der Waals surface area (Å²) in [5, 5.41) is 0. The maximum atomic E-state index is 6.90. The van der Waals surface area contributed by atoms with E-state index in [0.29, 0.717) is 18.0 Å². The Bertz CT molecular complexity index is 4110. The van der Waals surface area contributed by atoms with Crippen LogP contribution in [0.3, 0.4) is 0 Å².